The second kappa shape index (κ2) is 9.17. The lowest BCUT2D eigenvalue weighted by molar-refractivity contribution is -0.131. The van der Waals surface area contributed by atoms with Gasteiger partial charge < -0.3 is 15.5 Å². The van der Waals surface area contributed by atoms with Gasteiger partial charge in [-0.1, -0.05) is 0 Å². The molecule has 2 aliphatic rings. The van der Waals surface area contributed by atoms with E-state index in [1.54, 1.807) is 18.3 Å². The van der Waals surface area contributed by atoms with Crippen LogP contribution in [0.2, 0.25) is 0 Å². The molecule has 28 heavy (non-hydrogen) atoms. The summed E-state index contributed by atoms with van der Waals surface area (Å²) in [6, 6.07) is 9.37. The first-order valence-corrected chi connectivity index (χ1v) is 9.61. The van der Waals surface area contributed by atoms with Crippen molar-refractivity contribution in [2.45, 2.75) is 62.7 Å². The summed E-state index contributed by atoms with van der Waals surface area (Å²) in [4.78, 5) is 18.2. The first-order valence-electron chi connectivity index (χ1n) is 9.61. The lowest BCUT2D eigenvalue weighted by Crippen LogP contribution is -2.47. The molecule has 3 rings (SSSR count). The number of hydrogen-bond donors (Lipinski definition) is 2. The first kappa shape index (κ1) is 19.6. The monoisotopic (exact) mass is 377 g/mol. The molecule has 0 spiro atoms. The number of amides is 1. The van der Waals surface area contributed by atoms with E-state index < -0.39 is 12.1 Å². The van der Waals surface area contributed by atoms with Crippen LogP contribution in [0.1, 0.15) is 44.1 Å². The largest absolute Gasteiger partial charge is 0.366 e. The van der Waals surface area contributed by atoms with E-state index in [0.717, 1.165) is 25.7 Å². The molecule has 2 heterocycles. The Kier molecular flexibility index (Phi) is 6.42. The van der Waals surface area contributed by atoms with E-state index in [2.05, 4.69) is 33.8 Å². The minimum absolute atomic E-state index is 0.151. The first-order chi connectivity index (χ1) is 13.7. The van der Waals surface area contributed by atoms with Crippen LogP contribution in [0.25, 0.3) is 0 Å². The summed E-state index contributed by atoms with van der Waals surface area (Å²) in [7, 11) is 0. The van der Waals surface area contributed by atoms with Crippen LogP contribution in [0.5, 0.6) is 0 Å². The van der Waals surface area contributed by atoms with Crippen LogP contribution < -0.4 is 10.6 Å². The van der Waals surface area contributed by atoms with E-state index in [-0.39, 0.29) is 24.5 Å². The lowest BCUT2D eigenvalue weighted by atomic mass is 9.91. The van der Waals surface area contributed by atoms with Crippen molar-refractivity contribution in [2.75, 3.05) is 11.9 Å². The van der Waals surface area contributed by atoms with E-state index in [1.807, 2.05) is 0 Å². The zero-order valence-corrected chi connectivity index (χ0v) is 15.6. The van der Waals surface area contributed by atoms with E-state index in [9.17, 15) is 15.3 Å². The van der Waals surface area contributed by atoms with Crippen molar-refractivity contribution in [3.63, 3.8) is 0 Å². The van der Waals surface area contributed by atoms with Crippen molar-refractivity contribution in [3.05, 3.63) is 23.9 Å². The number of nitriles is 3. The quantitative estimate of drug-likeness (QED) is 0.798. The number of anilines is 1. The molecule has 0 unspecified atom stereocenters. The van der Waals surface area contributed by atoms with Gasteiger partial charge in [-0.3, -0.25) is 4.79 Å². The van der Waals surface area contributed by atoms with Gasteiger partial charge in [-0.05, 0) is 50.7 Å². The highest BCUT2D eigenvalue weighted by atomic mass is 16.2. The number of nitrogens with one attached hydrogen (secondary N) is 2. The number of nitrogens with zero attached hydrogens (tertiary/aromatic N) is 5. The second-order valence-corrected chi connectivity index (χ2v) is 7.25. The summed E-state index contributed by atoms with van der Waals surface area (Å²) >= 11 is 0. The molecule has 1 aromatic heterocycles. The van der Waals surface area contributed by atoms with Gasteiger partial charge in [0.15, 0.2) is 0 Å². The molecule has 1 amide bonds. The number of likely N-dealkylation sites (tertiary alicyclic amines) is 1. The van der Waals surface area contributed by atoms with Crippen molar-refractivity contribution in [3.8, 4) is 18.2 Å². The Bertz CT molecular complexity index is 804. The predicted octanol–water partition coefficient (Wildman–Crippen LogP) is 1.67. The van der Waals surface area contributed by atoms with Crippen molar-refractivity contribution < 1.29 is 4.79 Å². The second-order valence-electron chi connectivity index (χ2n) is 7.25. The van der Waals surface area contributed by atoms with Gasteiger partial charge in [0.05, 0.1) is 24.2 Å². The van der Waals surface area contributed by atoms with Crippen molar-refractivity contribution >= 4 is 11.7 Å². The van der Waals surface area contributed by atoms with Gasteiger partial charge in [0.1, 0.15) is 24.0 Å². The average Bonchev–Trinajstić information content (AvgIpc) is 3.16. The summed E-state index contributed by atoms with van der Waals surface area (Å²) in [5.74, 6) is 0.443. The van der Waals surface area contributed by atoms with Gasteiger partial charge in [0.25, 0.3) is 0 Å². The van der Waals surface area contributed by atoms with Gasteiger partial charge in [0, 0.05) is 18.3 Å². The summed E-state index contributed by atoms with van der Waals surface area (Å²) in [5, 5.41) is 34.2. The van der Waals surface area contributed by atoms with Crippen LogP contribution in [-0.2, 0) is 4.79 Å². The Balaban J connectivity index is 1.46. The Morgan fingerprint density at radius 1 is 1.07 bits per heavy atom. The van der Waals surface area contributed by atoms with Gasteiger partial charge in [-0.15, -0.1) is 0 Å². The fourth-order valence-electron chi connectivity index (χ4n) is 3.98. The normalized spacial score (nSPS) is 26.7. The molecule has 0 radical (unpaired) electrons. The van der Waals surface area contributed by atoms with E-state index in [4.69, 9.17) is 5.26 Å². The molecule has 8 nitrogen and oxygen atoms in total. The van der Waals surface area contributed by atoms with E-state index in [0.29, 0.717) is 24.2 Å². The predicted molar refractivity (Wildman–Crippen MR) is 102 cm³/mol. The Morgan fingerprint density at radius 3 is 2.32 bits per heavy atom. The van der Waals surface area contributed by atoms with Gasteiger partial charge >= 0.3 is 0 Å². The summed E-state index contributed by atoms with van der Waals surface area (Å²) in [6.45, 7) is 0.151. The zero-order valence-electron chi connectivity index (χ0n) is 15.6. The van der Waals surface area contributed by atoms with Crippen LogP contribution in [0.15, 0.2) is 18.3 Å². The molecule has 1 aliphatic carbocycles. The van der Waals surface area contributed by atoms with Crippen LogP contribution in [0.4, 0.5) is 5.82 Å². The molecule has 2 atom stereocenters. The molecular weight excluding hydrogens is 354 g/mol. The molecule has 0 aromatic carbocycles. The van der Waals surface area contributed by atoms with Crippen molar-refractivity contribution in [1.29, 1.82) is 15.8 Å². The smallest absolute Gasteiger partial charge is 0.238 e. The third-order valence-corrected chi connectivity index (χ3v) is 5.51. The third-order valence-electron chi connectivity index (χ3n) is 5.51. The number of carbonyl (C=O) groups excluding carboxylic acids is 1. The minimum Gasteiger partial charge on any atom is -0.366 e. The molecular formula is C20H23N7O. The maximum atomic E-state index is 12.5. The standard InChI is InChI=1S/C20H23N7O/c21-10-14-2-1-9-24-20(14)26-16-5-3-15(4-6-16)25-13-19(28)27-17(11-22)7-8-18(27)12-23/h1-2,9,15-18,25H,3-8,13H2,(H,24,26)/t15?,16?,17-,18+. The van der Waals surface area contributed by atoms with E-state index in [1.165, 1.54) is 4.90 Å². The molecule has 144 valence electrons. The van der Waals surface area contributed by atoms with Gasteiger partial charge in [-0.25, -0.2) is 4.98 Å². The fraction of sp³-hybridized carbons (Fsp3) is 0.550. The van der Waals surface area contributed by atoms with Gasteiger partial charge in [0.2, 0.25) is 5.91 Å². The highest BCUT2D eigenvalue weighted by molar-refractivity contribution is 5.80. The number of pyridine rings is 1. The topological polar surface area (TPSA) is 129 Å². The molecule has 2 N–H and O–H groups in total. The lowest BCUT2D eigenvalue weighted by Gasteiger charge is -2.31. The summed E-state index contributed by atoms with van der Waals surface area (Å²) in [6.07, 6.45) is 6.44. The molecule has 1 saturated heterocycles. The van der Waals surface area contributed by atoms with Crippen LogP contribution in [0, 0.1) is 34.0 Å². The van der Waals surface area contributed by atoms with Crippen molar-refractivity contribution in [1.82, 2.24) is 15.2 Å². The molecule has 2 fully saturated rings. The molecule has 8 heteroatoms. The maximum Gasteiger partial charge on any atom is 0.238 e. The summed E-state index contributed by atoms with van der Waals surface area (Å²) < 4.78 is 0. The fourth-order valence-corrected chi connectivity index (χ4v) is 3.98. The van der Waals surface area contributed by atoms with E-state index >= 15 is 0 Å². The Labute approximate surface area is 164 Å². The third kappa shape index (κ3) is 4.39. The van der Waals surface area contributed by atoms with Gasteiger partial charge in [-0.2, -0.15) is 15.8 Å². The van der Waals surface area contributed by atoms with Crippen molar-refractivity contribution in [2.24, 2.45) is 0 Å². The number of hydrogen-bond acceptors (Lipinski definition) is 7. The SMILES string of the molecule is N#Cc1cccnc1NC1CCC(NCC(=O)N2[C@H](C#N)CC[C@@H]2C#N)CC1. The maximum absolute atomic E-state index is 12.5. The molecule has 0 bridgehead atoms. The average molecular weight is 377 g/mol. The van der Waals surface area contributed by atoms with Crippen LogP contribution in [0.3, 0.4) is 0 Å². The van der Waals surface area contributed by atoms with Crippen LogP contribution in [-0.4, -0.2) is 46.5 Å². The zero-order chi connectivity index (χ0) is 19.9. The molecule has 1 saturated carbocycles. The molecule has 1 aliphatic heterocycles. The number of rotatable bonds is 5. The minimum atomic E-state index is -0.494. The highest BCUT2D eigenvalue weighted by Gasteiger charge is 2.37. The summed E-state index contributed by atoms with van der Waals surface area (Å²) in [5.41, 5.74) is 0.540. The highest BCUT2D eigenvalue weighted by Crippen LogP contribution is 2.25. The number of carbonyl (C=O) groups is 1. The van der Waals surface area contributed by atoms with Crippen LogP contribution >= 0.6 is 0 Å². The number of aromatic nitrogens is 1. The molecule has 1 aromatic rings. The Hall–Kier alpha value is -3.15. The Morgan fingerprint density at radius 2 is 1.71 bits per heavy atom.